The van der Waals surface area contributed by atoms with E-state index in [4.69, 9.17) is 4.74 Å². The van der Waals surface area contributed by atoms with Gasteiger partial charge in [-0.05, 0) is 32.0 Å². The molecule has 1 N–H and O–H groups in total. The highest BCUT2D eigenvalue weighted by Crippen LogP contribution is 2.34. The lowest BCUT2D eigenvalue weighted by Crippen LogP contribution is -2.13. The fourth-order valence-corrected chi connectivity index (χ4v) is 4.20. The molecule has 0 spiro atoms. The second-order valence-corrected chi connectivity index (χ2v) is 8.36. The third-order valence-corrected chi connectivity index (χ3v) is 5.90. The van der Waals surface area contributed by atoms with Crippen LogP contribution in [0.15, 0.2) is 58.5 Å². The highest BCUT2D eigenvalue weighted by atomic mass is 32.2. The number of fused-ring (bicyclic) bond motifs is 1. The molecule has 0 saturated carbocycles. The Morgan fingerprint density at radius 2 is 2.00 bits per heavy atom. The summed E-state index contributed by atoms with van der Waals surface area (Å²) in [7, 11) is 1.68. The number of aromatic nitrogens is 5. The molecule has 2 aromatic carbocycles. The molecule has 0 unspecified atom stereocenters. The average molecular weight is 422 g/mol. The zero-order chi connectivity index (χ0) is 21.1. The first-order chi connectivity index (χ1) is 14.6. The molecule has 2 heterocycles. The van der Waals surface area contributed by atoms with Crippen molar-refractivity contribution in [2.24, 2.45) is 0 Å². The third-order valence-electron chi connectivity index (χ3n) is 4.81. The maximum Gasteiger partial charge on any atom is 0.258 e. The summed E-state index contributed by atoms with van der Waals surface area (Å²) < 4.78 is 7.35. The number of rotatable bonds is 7. The van der Waals surface area contributed by atoms with Crippen molar-refractivity contribution in [3.8, 4) is 11.4 Å². The van der Waals surface area contributed by atoms with Crippen LogP contribution in [0.4, 0.5) is 0 Å². The number of benzene rings is 2. The SMILES string of the molecule is COCCn1c(S[C@H](C)c2nc3ccccc3c(=O)[nH]2)nnc1-c1cccc(C)c1. The molecule has 8 heteroatoms. The van der Waals surface area contributed by atoms with Gasteiger partial charge in [-0.1, -0.05) is 47.7 Å². The van der Waals surface area contributed by atoms with Gasteiger partial charge in [0, 0.05) is 12.7 Å². The Morgan fingerprint density at radius 3 is 2.80 bits per heavy atom. The topological polar surface area (TPSA) is 85.7 Å². The molecule has 154 valence electrons. The number of para-hydroxylation sites is 1. The van der Waals surface area contributed by atoms with E-state index in [9.17, 15) is 4.79 Å². The fourth-order valence-electron chi connectivity index (χ4n) is 3.27. The molecule has 0 fully saturated rings. The molecule has 4 aromatic rings. The minimum Gasteiger partial charge on any atom is -0.383 e. The molecule has 0 bridgehead atoms. The summed E-state index contributed by atoms with van der Waals surface area (Å²) in [6, 6.07) is 15.5. The number of nitrogens with one attached hydrogen (secondary N) is 1. The van der Waals surface area contributed by atoms with Gasteiger partial charge in [0.1, 0.15) is 5.82 Å². The van der Waals surface area contributed by atoms with Crippen LogP contribution in [0.1, 0.15) is 23.6 Å². The van der Waals surface area contributed by atoms with E-state index in [1.165, 1.54) is 11.8 Å². The number of hydrogen-bond donors (Lipinski definition) is 1. The van der Waals surface area contributed by atoms with E-state index in [0.717, 1.165) is 22.1 Å². The Hall–Kier alpha value is -2.97. The first-order valence-electron chi connectivity index (χ1n) is 9.71. The Morgan fingerprint density at radius 1 is 1.17 bits per heavy atom. The maximum absolute atomic E-state index is 12.4. The van der Waals surface area contributed by atoms with Gasteiger partial charge >= 0.3 is 0 Å². The molecular formula is C22H23N5O2S. The van der Waals surface area contributed by atoms with Gasteiger partial charge in [0.05, 0.1) is 29.3 Å². The van der Waals surface area contributed by atoms with E-state index in [0.29, 0.717) is 29.9 Å². The molecule has 1 atom stereocenters. The highest BCUT2D eigenvalue weighted by molar-refractivity contribution is 7.99. The lowest BCUT2D eigenvalue weighted by atomic mass is 10.1. The van der Waals surface area contributed by atoms with E-state index in [2.05, 4.69) is 43.8 Å². The number of thioether (sulfide) groups is 1. The standard InChI is InChI=1S/C22H23N5O2S/c1-14-7-6-8-16(13-14)20-25-26-22(27(20)11-12-29-3)30-15(2)19-23-18-10-5-4-9-17(18)21(28)24-19/h4-10,13,15H,11-12H2,1-3H3,(H,23,24,28)/t15-/m1/s1. The van der Waals surface area contributed by atoms with Crippen molar-refractivity contribution in [2.45, 2.75) is 30.8 Å². The summed E-state index contributed by atoms with van der Waals surface area (Å²) in [5.41, 5.74) is 2.72. The van der Waals surface area contributed by atoms with Gasteiger partial charge in [0.2, 0.25) is 0 Å². The van der Waals surface area contributed by atoms with Crippen molar-refractivity contribution in [3.05, 3.63) is 70.3 Å². The molecular weight excluding hydrogens is 398 g/mol. The van der Waals surface area contributed by atoms with Crippen LogP contribution in [0.2, 0.25) is 0 Å². The Bertz CT molecular complexity index is 1230. The summed E-state index contributed by atoms with van der Waals surface area (Å²) in [5.74, 6) is 1.41. The van der Waals surface area contributed by atoms with E-state index in [1.807, 2.05) is 37.3 Å². The average Bonchev–Trinajstić information content (AvgIpc) is 3.14. The van der Waals surface area contributed by atoms with Crippen molar-refractivity contribution in [3.63, 3.8) is 0 Å². The third kappa shape index (κ3) is 4.15. The van der Waals surface area contributed by atoms with Crippen molar-refractivity contribution < 1.29 is 4.74 Å². The largest absolute Gasteiger partial charge is 0.383 e. The van der Waals surface area contributed by atoms with Crippen molar-refractivity contribution >= 4 is 22.7 Å². The lowest BCUT2D eigenvalue weighted by molar-refractivity contribution is 0.185. The summed E-state index contributed by atoms with van der Waals surface area (Å²) in [5, 5.41) is 10.1. The summed E-state index contributed by atoms with van der Waals surface area (Å²) >= 11 is 1.51. The smallest absolute Gasteiger partial charge is 0.258 e. The number of aryl methyl sites for hydroxylation is 1. The van der Waals surface area contributed by atoms with E-state index >= 15 is 0 Å². The number of aromatic amines is 1. The Labute approximate surface area is 178 Å². The van der Waals surface area contributed by atoms with Gasteiger partial charge in [-0.15, -0.1) is 10.2 Å². The van der Waals surface area contributed by atoms with Crippen molar-refractivity contribution in [1.82, 2.24) is 24.7 Å². The van der Waals surface area contributed by atoms with E-state index in [-0.39, 0.29) is 10.8 Å². The lowest BCUT2D eigenvalue weighted by Gasteiger charge is -2.13. The van der Waals surface area contributed by atoms with Crippen LogP contribution in [0.3, 0.4) is 0 Å². The fraction of sp³-hybridized carbons (Fsp3) is 0.273. The quantitative estimate of drug-likeness (QED) is 0.454. The van der Waals surface area contributed by atoms with Gasteiger partial charge < -0.3 is 9.72 Å². The zero-order valence-corrected chi connectivity index (χ0v) is 17.9. The Kier molecular flexibility index (Phi) is 5.96. The molecule has 0 saturated heterocycles. The van der Waals surface area contributed by atoms with E-state index in [1.54, 1.807) is 13.2 Å². The molecule has 0 amide bonds. The monoisotopic (exact) mass is 421 g/mol. The normalized spacial score (nSPS) is 12.4. The van der Waals surface area contributed by atoms with Crippen LogP contribution in [0.25, 0.3) is 22.3 Å². The molecule has 30 heavy (non-hydrogen) atoms. The second kappa shape index (κ2) is 8.81. The van der Waals surface area contributed by atoms with Crippen molar-refractivity contribution in [2.75, 3.05) is 13.7 Å². The zero-order valence-electron chi connectivity index (χ0n) is 17.1. The summed E-state index contributed by atoms with van der Waals surface area (Å²) in [6.07, 6.45) is 0. The summed E-state index contributed by atoms with van der Waals surface area (Å²) in [6.45, 7) is 5.23. The Balaban J connectivity index is 1.68. The molecule has 0 radical (unpaired) electrons. The van der Waals surface area contributed by atoms with Crippen molar-refractivity contribution in [1.29, 1.82) is 0 Å². The van der Waals surface area contributed by atoms with Gasteiger partial charge in [-0.25, -0.2) is 4.98 Å². The van der Waals surface area contributed by atoms with Crippen LogP contribution in [0, 0.1) is 6.92 Å². The first kappa shape index (κ1) is 20.3. The number of hydrogen-bond acceptors (Lipinski definition) is 6. The highest BCUT2D eigenvalue weighted by Gasteiger charge is 2.19. The molecule has 7 nitrogen and oxygen atoms in total. The summed E-state index contributed by atoms with van der Waals surface area (Å²) in [4.78, 5) is 20.0. The number of methoxy groups -OCH3 is 1. The number of H-pyrrole nitrogens is 1. The van der Waals surface area contributed by atoms with Gasteiger partial charge in [-0.2, -0.15) is 0 Å². The van der Waals surface area contributed by atoms with E-state index < -0.39 is 0 Å². The van der Waals surface area contributed by atoms with Crippen LogP contribution in [-0.4, -0.2) is 38.4 Å². The molecule has 0 aliphatic rings. The minimum absolute atomic E-state index is 0.113. The van der Waals surface area contributed by atoms with Crippen LogP contribution in [-0.2, 0) is 11.3 Å². The van der Waals surface area contributed by atoms with Crippen LogP contribution >= 0.6 is 11.8 Å². The van der Waals surface area contributed by atoms with Gasteiger partial charge in [0.25, 0.3) is 5.56 Å². The second-order valence-electron chi connectivity index (χ2n) is 7.05. The maximum atomic E-state index is 12.4. The number of ether oxygens (including phenoxy) is 1. The minimum atomic E-state index is -0.135. The number of nitrogens with zero attached hydrogens (tertiary/aromatic N) is 4. The predicted octanol–water partition coefficient (Wildman–Crippen LogP) is 3.99. The molecule has 4 rings (SSSR count). The molecule has 0 aliphatic heterocycles. The van der Waals surface area contributed by atoms with Crippen LogP contribution < -0.4 is 5.56 Å². The predicted molar refractivity (Wildman–Crippen MR) is 119 cm³/mol. The van der Waals surface area contributed by atoms with Gasteiger partial charge in [-0.3, -0.25) is 9.36 Å². The molecule has 2 aromatic heterocycles. The molecule has 0 aliphatic carbocycles. The van der Waals surface area contributed by atoms with Gasteiger partial charge in [0.15, 0.2) is 11.0 Å². The van der Waals surface area contributed by atoms with Crippen LogP contribution in [0.5, 0.6) is 0 Å². The first-order valence-corrected chi connectivity index (χ1v) is 10.6.